The average Bonchev–Trinajstić information content (AvgIpc) is 2.06. The Hall–Kier alpha value is 0.0300. The van der Waals surface area contributed by atoms with Crippen molar-refractivity contribution in [3.8, 4) is 0 Å². The highest BCUT2D eigenvalue weighted by atomic mass is 31.2. The van der Waals surface area contributed by atoms with Gasteiger partial charge in [-0.15, -0.1) is 0 Å². The number of hydrogen-bond donors (Lipinski definition) is 1. The lowest BCUT2D eigenvalue weighted by Gasteiger charge is -2.25. The molecule has 0 aromatic rings. The SMILES string of the molecule is CCCCCOP(=O)(O)OC1COO1. The highest BCUT2D eigenvalue weighted by Gasteiger charge is 2.32. The molecule has 1 aliphatic heterocycles. The Labute approximate surface area is 82.7 Å². The predicted octanol–water partition coefficient (Wildman–Crippen LogP) is 1.60. The van der Waals surface area contributed by atoms with Crippen LogP contribution in [-0.4, -0.2) is 24.4 Å². The van der Waals surface area contributed by atoms with Crippen LogP contribution in [0, 0.1) is 0 Å². The fraction of sp³-hybridized carbons (Fsp3) is 1.00. The van der Waals surface area contributed by atoms with Crippen LogP contribution < -0.4 is 0 Å². The van der Waals surface area contributed by atoms with E-state index in [1.807, 2.05) is 6.92 Å². The molecule has 0 radical (unpaired) electrons. The van der Waals surface area contributed by atoms with Crippen molar-refractivity contribution in [3.05, 3.63) is 0 Å². The lowest BCUT2D eigenvalue weighted by atomic mass is 10.3. The van der Waals surface area contributed by atoms with E-state index < -0.39 is 14.1 Å². The Morgan fingerprint density at radius 1 is 1.57 bits per heavy atom. The van der Waals surface area contributed by atoms with Gasteiger partial charge in [-0.1, -0.05) is 19.8 Å². The number of phosphoric acid groups is 1. The van der Waals surface area contributed by atoms with Gasteiger partial charge >= 0.3 is 7.82 Å². The molecule has 0 aromatic carbocycles. The Morgan fingerprint density at radius 2 is 2.29 bits per heavy atom. The Bertz CT molecular complexity index is 204. The maximum absolute atomic E-state index is 11.2. The number of phosphoric ester groups is 1. The van der Waals surface area contributed by atoms with Crippen LogP contribution >= 0.6 is 7.82 Å². The molecule has 0 aliphatic carbocycles. The molecule has 7 heteroatoms. The first-order chi connectivity index (χ1) is 6.64. The second kappa shape index (κ2) is 5.80. The summed E-state index contributed by atoms with van der Waals surface area (Å²) in [6.07, 6.45) is 1.95. The second-order valence-corrected chi connectivity index (χ2v) is 4.33. The van der Waals surface area contributed by atoms with Gasteiger partial charge in [0, 0.05) is 0 Å². The van der Waals surface area contributed by atoms with Crippen LogP contribution in [0.2, 0.25) is 0 Å². The topological polar surface area (TPSA) is 74.2 Å². The summed E-state index contributed by atoms with van der Waals surface area (Å²) in [4.78, 5) is 17.8. The smallest absolute Gasteiger partial charge is 0.302 e. The van der Waals surface area contributed by atoms with E-state index in [9.17, 15) is 4.57 Å². The molecule has 1 aliphatic rings. The lowest BCUT2D eigenvalue weighted by molar-refractivity contribution is -0.468. The zero-order valence-corrected chi connectivity index (χ0v) is 8.94. The highest BCUT2D eigenvalue weighted by Crippen LogP contribution is 2.45. The molecular formula is C7H15O6P. The van der Waals surface area contributed by atoms with E-state index >= 15 is 0 Å². The van der Waals surface area contributed by atoms with E-state index in [-0.39, 0.29) is 13.2 Å². The molecule has 6 nitrogen and oxygen atoms in total. The van der Waals surface area contributed by atoms with Crippen LogP contribution in [0.3, 0.4) is 0 Å². The van der Waals surface area contributed by atoms with Crippen molar-refractivity contribution >= 4 is 7.82 Å². The molecule has 1 rings (SSSR count). The Kier molecular flexibility index (Phi) is 5.01. The van der Waals surface area contributed by atoms with Gasteiger partial charge in [0.15, 0.2) is 0 Å². The first kappa shape index (κ1) is 12.1. The Balaban J connectivity index is 2.09. The quantitative estimate of drug-likeness (QED) is 0.403. The summed E-state index contributed by atoms with van der Waals surface area (Å²) in [5, 5.41) is 0. The summed E-state index contributed by atoms with van der Waals surface area (Å²) < 4.78 is 20.4. The van der Waals surface area contributed by atoms with E-state index in [1.165, 1.54) is 0 Å². The molecule has 0 bridgehead atoms. The second-order valence-electron chi connectivity index (χ2n) is 2.92. The third kappa shape index (κ3) is 4.50. The number of rotatable bonds is 7. The molecule has 0 aromatic heterocycles. The fourth-order valence-corrected chi connectivity index (χ4v) is 1.70. The van der Waals surface area contributed by atoms with Gasteiger partial charge in [0.1, 0.15) is 6.61 Å². The average molecular weight is 226 g/mol. The molecule has 1 heterocycles. The summed E-state index contributed by atoms with van der Waals surface area (Å²) >= 11 is 0. The molecule has 1 N–H and O–H groups in total. The minimum atomic E-state index is -3.96. The van der Waals surface area contributed by atoms with E-state index in [4.69, 9.17) is 9.42 Å². The summed E-state index contributed by atoms with van der Waals surface area (Å²) in [7, 11) is -3.96. The molecule has 1 fully saturated rings. The van der Waals surface area contributed by atoms with Crippen LogP contribution in [0.25, 0.3) is 0 Å². The fourth-order valence-electron chi connectivity index (χ4n) is 0.883. The molecule has 2 atom stereocenters. The standard InChI is InChI=1S/C7H15O6P/c1-2-3-4-5-11-14(8,9)13-7-6-10-12-7/h7H,2-6H2,1H3,(H,8,9). The summed E-state index contributed by atoms with van der Waals surface area (Å²) in [6.45, 7) is 2.41. The first-order valence-corrected chi connectivity index (χ1v) is 6.07. The minimum absolute atomic E-state index is 0.156. The summed E-state index contributed by atoms with van der Waals surface area (Å²) in [5.41, 5.74) is 0. The van der Waals surface area contributed by atoms with Crippen molar-refractivity contribution in [2.24, 2.45) is 0 Å². The van der Waals surface area contributed by atoms with Crippen molar-refractivity contribution in [2.45, 2.75) is 32.5 Å². The van der Waals surface area contributed by atoms with Gasteiger partial charge < -0.3 is 4.89 Å². The maximum Gasteiger partial charge on any atom is 0.474 e. The first-order valence-electron chi connectivity index (χ1n) is 4.58. The largest absolute Gasteiger partial charge is 0.474 e. The molecule has 0 amide bonds. The molecule has 1 saturated heterocycles. The van der Waals surface area contributed by atoms with Crippen molar-refractivity contribution in [2.75, 3.05) is 13.2 Å². The van der Waals surface area contributed by atoms with Crippen molar-refractivity contribution in [1.82, 2.24) is 0 Å². The predicted molar refractivity (Wildman–Crippen MR) is 47.2 cm³/mol. The third-order valence-electron chi connectivity index (χ3n) is 1.63. The van der Waals surface area contributed by atoms with E-state index in [2.05, 4.69) is 14.3 Å². The van der Waals surface area contributed by atoms with E-state index in [1.54, 1.807) is 0 Å². The molecule has 0 spiro atoms. The van der Waals surface area contributed by atoms with Gasteiger partial charge in [0.05, 0.1) is 6.61 Å². The van der Waals surface area contributed by atoms with Gasteiger partial charge in [-0.3, -0.25) is 9.05 Å². The molecule has 84 valence electrons. The van der Waals surface area contributed by atoms with Gasteiger partial charge in [-0.05, 0) is 6.42 Å². The molecule has 0 saturated carbocycles. The highest BCUT2D eigenvalue weighted by molar-refractivity contribution is 7.47. The van der Waals surface area contributed by atoms with Gasteiger partial charge in [-0.2, -0.15) is 0 Å². The molecular weight excluding hydrogens is 211 g/mol. The number of hydrogen-bond acceptors (Lipinski definition) is 5. The summed E-state index contributed by atoms with van der Waals surface area (Å²) in [6, 6.07) is 0. The normalized spacial score (nSPS) is 25.4. The molecule has 2 unspecified atom stereocenters. The van der Waals surface area contributed by atoms with E-state index in [0.717, 1.165) is 19.3 Å². The van der Waals surface area contributed by atoms with Crippen molar-refractivity contribution in [1.29, 1.82) is 0 Å². The van der Waals surface area contributed by atoms with Crippen LogP contribution in [-0.2, 0) is 23.4 Å². The van der Waals surface area contributed by atoms with Gasteiger partial charge in [-0.25, -0.2) is 14.3 Å². The van der Waals surface area contributed by atoms with Crippen LogP contribution in [0.4, 0.5) is 0 Å². The van der Waals surface area contributed by atoms with Crippen molar-refractivity contribution < 1.29 is 28.3 Å². The minimum Gasteiger partial charge on any atom is -0.302 e. The third-order valence-corrected chi connectivity index (χ3v) is 2.64. The van der Waals surface area contributed by atoms with Crippen LogP contribution in [0.1, 0.15) is 26.2 Å². The van der Waals surface area contributed by atoms with E-state index in [0.29, 0.717) is 0 Å². The van der Waals surface area contributed by atoms with Crippen LogP contribution in [0.5, 0.6) is 0 Å². The zero-order valence-electron chi connectivity index (χ0n) is 8.05. The molecule has 14 heavy (non-hydrogen) atoms. The zero-order chi connectivity index (χ0) is 10.4. The van der Waals surface area contributed by atoms with Gasteiger partial charge in [0.25, 0.3) is 0 Å². The lowest BCUT2D eigenvalue weighted by Crippen LogP contribution is -2.32. The summed E-state index contributed by atoms with van der Waals surface area (Å²) in [5.74, 6) is 0. The number of unbranched alkanes of at least 4 members (excludes halogenated alkanes) is 2. The Morgan fingerprint density at radius 3 is 2.79 bits per heavy atom. The van der Waals surface area contributed by atoms with Crippen LogP contribution in [0.15, 0.2) is 0 Å². The van der Waals surface area contributed by atoms with Crippen molar-refractivity contribution in [3.63, 3.8) is 0 Å². The van der Waals surface area contributed by atoms with Gasteiger partial charge in [0.2, 0.25) is 6.29 Å². The monoisotopic (exact) mass is 226 g/mol. The maximum atomic E-state index is 11.2.